The molecule has 0 bridgehead atoms. The van der Waals surface area contributed by atoms with Gasteiger partial charge in [-0.3, -0.25) is 0 Å². The highest BCUT2D eigenvalue weighted by atomic mass is 14.2. The van der Waals surface area contributed by atoms with E-state index in [4.69, 9.17) is 0 Å². The fourth-order valence-corrected chi connectivity index (χ4v) is 6.44. The first-order chi connectivity index (χ1) is 19.2. The average Bonchev–Trinajstić information content (AvgIpc) is 2.99. The van der Waals surface area contributed by atoms with Crippen LogP contribution in [0.15, 0.2) is 140 Å². The van der Waals surface area contributed by atoms with Gasteiger partial charge >= 0.3 is 0 Å². The molecule has 0 fully saturated rings. The summed E-state index contributed by atoms with van der Waals surface area (Å²) >= 11 is 0. The van der Waals surface area contributed by atoms with Gasteiger partial charge in [-0.05, 0) is 95.2 Å². The summed E-state index contributed by atoms with van der Waals surface area (Å²) in [6, 6.07) is 51.6. The molecule has 0 radical (unpaired) electrons. The molecule has 0 saturated heterocycles. The zero-order valence-corrected chi connectivity index (χ0v) is 21.8. The Morgan fingerprint density at radius 2 is 0.744 bits per heavy atom. The molecule has 0 heteroatoms. The summed E-state index contributed by atoms with van der Waals surface area (Å²) in [6.07, 6.45) is 0. The molecule has 0 aliphatic heterocycles. The lowest BCUT2D eigenvalue weighted by molar-refractivity contribution is 1.51. The van der Waals surface area contributed by atoms with Crippen molar-refractivity contribution in [2.45, 2.75) is 6.92 Å². The van der Waals surface area contributed by atoms with Crippen molar-refractivity contribution in [3.63, 3.8) is 0 Å². The molecule has 8 rings (SSSR count). The van der Waals surface area contributed by atoms with Crippen LogP contribution in [-0.4, -0.2) is 0 Å². The monoisotopic (exact) mass is 494 g/mol. The minimum absolute atomic E-state index is 1.26. The lowest BCUT2D eigenvalue weighted by Gasteiger charge is -2.18. The Morgan fingerprint density at radius 1 is 0.308 bits per heavy atom. The molecule has 0 saturated carbocycles. The molecule has 8 aromatic carbocycles. The van der Waals surface area contributed by atoms with Gasteiger partial charge in [0.05, 0.1) is 0 Å². The largest absolute Gasteiger partial charge is 0.0616 e. The van der Waals surface area contributed by atoms with Gasteiger partial charge in [-0.15, -0.1) is 0 Å². The van der Waals surface area contributed by atoms with Crippen molar-refractivity contribution < 1.29 is 0 Å². The lowest BCUT2D eigenvalue weighted by Crippen LogP contribution is -1.91. The predicted molar refractivity (Wildman–Crippen MR) is 170 cm³/mol. The van der Waals surface area contributed by atoms with Crippen LogP contribution in [0.4, 0.5) is 0 Å². The van der Waals surface area contributed by atoms with Crippen LogP contribution < -0.4 is 0 Å². The van der Waals surface area contributed by atoms with E-state index in [-0.39, 0.29) is 0 Å². The summed E-state index contributed by atoms with van der Waals surface area (Å²) in [4.78, 5) is 0. The van der Waals surface area contributed by atoms with Crippen molar-refractivity contribution in [2.24, 2.45) is 0 Å². The molecule has 39 heavy (non-hydrogen) atoms. The van der Waals surface area contributed by atoms with Gasteiger partial charge in [-0.25, -0.2) is 0 Å². The number of hydrogen-bond acceptors (Lipinski definition) is 0. The first-order valence-electron chi connectivity index (χ1n) is 13.6. The maximum absolute atomic E-state index is 2.37. The average molecular weight is 495 g/mol. The number of fused-ring (bicyclic) bond motifs is 6. The Balaban J connectivity index is 1.44. The second-order valence-corrected chi connectivity index (χ2v) is 10.6. The van der Waals surface area contributed by atoms with Crippen molar-refractivity contribution >= 4 is 53.9 Å². The predicted octanol–water partition coefficient (Wildman–Crippen LogP) is 11.1. The van der Waals surface area contributed by atoms with Crippen molar-refractivity contribution in [3.8, 4) is 22.3 Å². The second-order valence-electron chi connectivity index (χ2n) is 10.6. The minimum Gasteiger partial charge on any atom is -0.0616 e. The highest BCUT2D eigenvalue weighted by molar-refractivity contribution is 6.22. The van der Waals surface area contributed by atoms with Gasteiger partial charge in [0.1, 0.15) is 0 Å². The molecule has 8 aromatic rings. The zero-order chi connectivity index (χ0) is 25.9. The van der Waals surface area contributed by atoms with Crippen LogP contribution in [0.1, 0.15) is 5.56 Å². The van der Waals surface area contributed by atoms with E-state index in [1.807, 2.05) is 0 Å². The molecule has 182 valence electrons. The molecular formula is C39H26. The van der Waals surface area contributed by atoms with Gasteiger partial charge in [0.25, 0.3) is 0 Å². The summed E-state index contributed by atoms with van der Waals surface area (Å²) in [5, 5.41) is 12.9. The first-order valence-corrected chi connectivity index (χ1v) is 13.6. The number of aryl methyl sites for hydroxylation is 1. The normalized spacial score (nSPS) is 11.7. The second kappa shape index (κ2) is 8.55. The summed E-state index contributed by atoms with van der Waals surface area (Å²) < 4.78 is 0. The van der Waals surface area contributed by atoms with E-state index in [0.29, 0.717) is 0 Å². The quantitative estimate of drug-likeness (QED) is 0.166. The summed E-state index contributed by atoms with van der Waals surface area (Å²) in [7, 11) is 0. The van der Waals surface area contributed by atoms with Crippen molar-refractivity contribution in [1.82, 2.24) is 0 Å². The Hall–Kier alpha value is -4.94. The topological polar surface area (TPSA) is 0 Å². The highest BCUT2D eigenvalue weighted by Crippen LogP contribution is 2.44. The van der Waals surface area contributed by atoms with Gasteiger partial charge in [0.2, 0.25) is 0 Å². The molecule has 0 aliphatic rings. The minimum atomic E-state index is 1.26. The third kappa shape index (κ3) is 3.46. The van der Waals surface area contributed by atoms with Crippen LogP contribution in [0.2, 0.25) is 0 Å². The standard InChI is InChI=1S/C39H26/c1-25-14-15-28-23-30(19-17-27(28)22-25)38-34-10-4-6-12-36(34)39(37-13-7-5-11-35(37)38)31-20-21-33-29(24-31)18-16-26-8-2-3-9-32(26)33/h2-24H,1H3. The Labute approximate surface area is 227 Å². The molecule has 0 N–H and O–H groups in total. The zero-order valence-electron chi connectivity index (χ0n) is 21.8. The fraction of sp³-hybridized carbons (Fsp3) is 0.0256. The Morgan fingerprint density at radius 3 is 1.41 bits per heavy atom. The number of rotatable bonds is 2. The van der Waals surface area contributed by atoms with Crippen LogP contribution >= 0.6 is 0 Å². The van der Waals surface area contributed by atoms with Gasteiger partial charge in [-0.2, -0.15) is 0 Å². The smallest absolute Gasteiger partial charge is 0.00262 e. The number of benzene rings is 8. The van der Waals surface area contributed by atoms with E-state index < -0.39 is 0 Å². The fourth-order valence-electron chi connectivity index (χ4n) is 6.44. The van der Waals surface area contributed by atoms with Crippen molar-refractivity contribution in [3.05, 3.63) is 145 Å². The SMILES string of the molecule is Cc1ccc2cc(-c3c4ccccc4c(-c4ccc5c(ccc6ccccc65)c4)c4ccccc34)ccc2c1. The van der Waals surface area contributed by atoms with E-state index >= 15 is 0 Å². The van der Waals surface area contributed by atoms with Crippen LogP contribution in [0.25, 0.3) is 76.1 Å². The molecule has 0 nitrogen and oxygen atoms in total. The molecule has 0 spiro atoms. The third-order valence-corrected chi connectivity index (χ3v) is 8.25. The van der Waals surface area contributed by atoms with Crippen LogP contribution in [0.5, 0.6) is 0 Å². The van der Waals surface area contributed by atoms with Gasteiger partial charge < -0.3 is 0 Å². The van der Waals surface area contributed by atoms with E-state index in [0.717, 1.165) is 0 Å². The summed E-state index contributed by atoms with van der Waals surface area (Å²) in [5.74, 6) is 0. The maximum atomic E-state index is 2.37. The van der Waals surface area contributed by atoms with Crippen molar-refractivity contribution in [1.29, 1.82) is 0 Å². The van der Waals surface area contributed by atoms with E-state index in [1.54, 1.807) is 0 Å². The molecule has 0 heterocycles. The lowest BCUT2D eigenvalue weighted by atomic mass is 9.85. The van der Waals surface area contributed by atoms with Gasteiger partial charge in [0.15, 0.2) is 0 Å². The van der Waals surface area contributed by atoms with Crippen LogP contribution in [-0.2, 0) is 0 Å². The molecule has 0 unspecified atom stereocenters. The van der Waals surface area contributed by atoms with E-state index in [9.17, 15) is 0 Å². The molecule has 0 atom stereocenters. The third-order valence-electron chi connectivity index (χ3n) is 8.25. The maximum Gasteiger partial charge on any atom is -0.00262 e. The molecular weight excluding hydrogens is 468 g/mol. The molecule has 0 aromatic heterocycles. The number of hydrogen-bond donors (Lipinski definition) is 0. The van der Waals surface area contributed by atoms with Crippen LogP contribution in [0.3, 0.4) is 0 Å². The van der Waals surface area contributed by atoms with Crippen LogP contribution in [0, 0.1) is 6.92 Å². The van der Waals surface area contributed by atoms with Gasteiger partial charge in [0, 0.05) is 0 Å². The van der Waals surface area contributed by atoms with E-state index in [2.05, 4.69) is 146 Å². The Bertz CT molecular complexity index is 2180. The highest BCUT2D eigenvalue weighted by Gasteiger charge is 2.17. The van der Waals surface area contributed by atoms with Gasteiger partial charge in [-0.1, -0.05) is 133 Å². The summed E-state index contributed by atoms with van der Waals surface area (Å²) in [5.41, 5.74) is 6.41. The van der Waals surface area contributed by atoms with Crippen molar-refractivity contribution in [2.75, 3.05) is 0 Å². The molecule has 0 aliphatic carbocycles. The van der Waals surface area contributed by atoms with E-state index in [1.165, 1.54) is 81.7 Å². The summed E-state index contributed by atoms with van der Waals surface area (Å²) in [6.45, 7) is 2.16. The molecule has 0 amide bonds. The Kier molecular flexibility index (Phi) is 4.84. The first kappa shape index (κ1) is 22.1.